The molecule has 0 aliphatic carbocycles. The average molecular weight is 559 g/mol. The van der Waals surface area contributed by atoms with Crippen molar-refractivity contribution in [3.8, 4) is 23.6 Å². The van der Waals surface area contributed by atoms with Crippen LogP contribution in [0.3, 0.4) is 0 Å². The lowest BCUT2D eigenvalue weighted by atomic mass is 9.99. The number of fused-ring (bicyclic) bond motifs is 2. The van der Waals surface area contributed by atoms with Crippen LogP contribution in [0.5, 0.6) is 0 Å². The van der Waals surface area contributed by atoms with E-state index in [4.69, 9.17) is 16.4 Å². The first-order valence-corrected chi connectivity index (χ1v) is 13.9. The Hall–Kier alpha value is -4.14. The van der Waals surface area contributed by atoms with Crippen LogP contribution in [0.4, 0.5) is 20.5 Å². The molecule has 3 aromatic heterocycles. The zero-order valence-corrected chi connectivity index (χ0v) is 23.2. The Morgan fingerprint density at radius 3 is 2.71 bits per heavy atom. The molecule has 2 N–H and O–H groups in total. The quantitative estimate of drug-likeness (QED) is 0.361. The van der Waals surface area contributed by atoms with E-state index in [1.54, 1.807) is 0 Å². The fraction of sp³-hybridized carbons (Fsp3) is 0.400. The van der Waals surface area contributed by atoms with Crippen molar-refractivity contribution < 1.29 is 8.78 Å². The first-order chi connectivity index (χ1) is 19.8. The van der Waals surface area contributed by atoms with Gasteiger partial charge in [0, 0.05) is 69.0 Å². The second kappa shape index (κ2) is 11.0. The van der Waals surface area contributed by atoms with Crippen LogP contribution in [-0.4, -0.2) is 84.2 Å². The molecule has 0 radical (unpaired) electrons. The van der Waals surface area contributed by atoms with Gasteiger partial charge in [0.2, 0.25) is 11.5 Å². The number of hydrogen-bond acceptors (Lipinski definition) is 8. The predicted molar refractivity (Wildman–Crippen MR) is 157 cm³/mol. The zero-order chi connectivity index (χ0) is 28.7. The van der Waals surface area contributed by atoms with Gasteiger partial charge in [-0.25, -0.2) is 13.8 Å². The lowest BCUT2D eigenvalue weighted by molar-refractivity contribution is 0.311. The summed E-state index contributed by atoms with van der Waals surface area (Å²) in [5.74, 6) is 2.01. The summed E-state index contributed by atoms with van der Waals surface area (Å²) in [6.45, 7) is 4.75. The molecule has 0 bridgehead atoms. The zero-order valence-electron chi connectivity index (χ0n) is 23.2. The topological polar surface area (TPSA) is 93.3 Å². The molecule has 2 aliphatic heterocycles. The third kappa shape index (κ3) is 5.09. The molecule has 6 rings (SSSR count). The Bertz CT molecular complexity index is 1720. The van der Waals surface area contributed by atoms with Crippen molar-refractivity contribution >= 4 is 33.6 Å². The van der Waals surface area contributed by atoms with Crippen molar-refractivity contribution in [2.24, 2.45) is 0 Å². The van der Waals surface area contributed by atoms with E-state index in [1.165, 1.54) is 24.4 Å². The molecule has 11 heteroatoms. The lowest BCUT2D eigenvalue weighted by Crippen LogP contribution is -2.45. The number of nitrogens with one attached hydrogen (secondary N) is 2. The van der Waals surface area contributed by atoms with Gasteiger partial charge in [0.15, 0.2) is 5.82 Å². The first-order valence-electron chi connectivity index (χ1n) is 13.9. The van der Waals surface area contributed by atoms with Gasteiger partial charge in [-0.2, -0.15) is 4.98 Å². The second-order valence-electron chi connectivity index (χ2n) is 10.9. The molecule has 2 aliphatic rings. The van der Waals surface area contributed by atoms with Crippen LogP contribution < -0.4 is 20.7 Å². The molecule has 4 aromatic rings. The predicted octanol–water partition coefficient (Wildman–Crippen LogP) is 3.12. The maximum absolute atomic E-state index is 16.6. The molecule has 0 unspecified atom stereocenters. The van der Waals surface area contributed by atoms with Crippen molar-refractivity contribution in [3.63, 3.8) is 0 Å². The summed E-state index contributed by atoms with van der Waals surface area (Å²) >= 11 is 0. The lowest BCUT2D eigenvalue weighted by Gasteiger charge is -2.33. The highest BCUT2D eigenvalue weighted by Crippen LogP contribution is 2.35. The van der Waals surface area contributed by atoms with Gasteiger partial charge >= 0.3 is 0 Å². The standard InChI is InChI=1S/C30H32F2N8O/c1-4-19-22(31)8-9-23-25(19)20(15-24(41)35-23)27-26(32)28-21(16-34-27)29(39(3)17-18-7-5-6-10-33-18)37-30(36-28)40-13-11-38(2)12-14-40/h1,8-9,15-16,18,33H,5-7,10-14,17H2,2-3H3,(H,35,41)/t18-/m0/s1. The first kappa shape index (κ1) is 27.1. The third-order valence-corrected chi connectivity index (χ3v) is 8.06. The Balaban J connectivity index is 1.54. The van der Waals surface area contributed by atoms with Gasteiger partial charge in [-0.3, -0.25) is 9.78 Å². The number of pyridine rings is 2. The number of aromatic amines is 1. The monoisotopic (exact) mass is 558 g/mol. The molecular formula is C30H32F2N8O. The van der Waals surface area contributed by atoms with E-state index in [0.29, 0.717) is 48.3 Å². The normalized spacial score (nSPS) is 18.1. The number of rotatable bonds is 5. The maximum Gasteiger partial charge on any atom is 0.249 e. The van der Waals surface area contributed by atoms with E-state index in [1.807, 2.05) is 11.9 Å². The number of H-pyrrole nitrogens is 1. The summed E-state index contributed by atoms with van der Waals surface area (Å²) in [7, 11) is 4.01. The number of halogens is 2. The Morgan fingerprint density at radius 1 is 1.17 bits per heavy atom. The van der Waals surface area contributed by atoms with Gasteiger partial charge in [-0.1, -0.05) is 12.3 Å². The minimum absolute atomic E-state index is 0.0729. The maximum atomic E-state index is 16.6. The Labute approximate surface area is 236 Å². The van der Waals surface area contributed by atoms with Gasteiger partial charge in [-0.15, -0.1) is 6.42 Å². The highest BCUT2D eigenvalue weighted by molar-refractivity contribution is 6.00. The fourth-order valence-corrected chi connectivity index (χ4v) is 5.81. The number of nitrogens with zero attached hydrogens (tertiary/aromatic N) is 6. The number of benzene rings is 1. The molecule has 0 spiro atoms. The van der Waals surface area contributed by atoms with Crippen LogP contribution >= 0.6 is 0 Å². The van der Waals surface area contributed by atoms with Gasteiger partial charge in [-0.05, 0) is 38.6 Å². The van der Waals surface area contributed by atoms with E-state index in [0.717, 1.165) is 38.9 Å². The van der Waals surface area contributed by atoms with Crippen molar-refractivity contribution in [3.05, 3.63) is 51.9 Å². The van der Waals surface area contributed by atoms with Gasteiger partial charge in [0.25, 0.3) is 0 Å². The highest BCUT2D eigenvalue weighted by atomic mass is 19.1. The number of likely N-dealkylation sites (N-methyl/N-ethyl adjacent to an activating group) is 2. The molecule has 1 atom stereocenters. The van der Waals surface area contributed by atoms with E-state index >= 15 is 4.39 Å². The number of piperazine rings is 1. The molecule has 1 aromatic carbocycles. The average Bonchev–Trinajstić information content (AvgIpc) is 2.97. The van der Waals surface area contributed by atoms with Crippen molar-refractivity contribution in [1.29, 1.82) is 0 Å². The van der Waals surface area contributed by atoms with Gasteiger partial charge in [0.1, 0.15) is 22.8 Å². The van der Waals surface area contributed by atoms with Crippen molar-refractivity contribution in [2.75, 3.05) is 63.2 Å². The Morgan fingerprint density at radius 2 is 1.98 bits per heavy atom. The van der Waals surface area contributed by atoms with Crippen LogP contribution in [0.15, 0.2) is 29.2 Å². The number of terminal acetylenes is 1. The summed E-state index contributed by atoms with van der Waals surface area (Å²) in [6.07, 6.45) is 10.5. The fourth-order valence-electron chi connectivity index (χ4n) is 5.81. The largest absolute Gasteiger partial charge is 0.357 e. The van der Waals surface area contributed by atoms with Gasteiger partial charge < -0.3 is 25.0 Å². The summed E-state index contributed by atoms with van der Waals surface area (Å²) < 4.78 is 31.3. The van der Waals surface area contributed by atoms with E-state index in [2.05, 4.69) is 38.1 Å². The van der Waals surface area contributed by atoms with Crippen LogP contribution in [0, 0.1) is 24.0 Å². The van der Waals surface area contributed by atoms with Crippen molar-refractivity contribution in [1.82, 2.24) is 30.2 Å². The summed E-state index contributed by atoms with van der Waals surface area (Å²) in [6, 6.07) is 4.09. The Kier molecular flexibility index (Phi) is 7.28. The summed E-state index contributed by atoms with van der Waals surface area (Å²) in [4.78, 5) is 35.6. The summed E-state index contributed by atoms with van der Waals surface area (Å²) in [5.41, 5.74) is -0.187. The minimum atomic E-state index is -0.718. The van der Waals surface area contributed by atoms with E-state index in [9.17, 15) is 9.18 Å². The summed E-state index contributed by atoms with van der Waals surface area (Å²) in [5, 5.41) is 4.23. The van der Waals surface area contributed by atoms with E-state index in [-0.39, 0.29) is 27.7 Å². The number of anilines is 2. The number of hydrogen-bond donors (Lipinski definition) is 2. The smallest absolute Gasteiger partial charge is 0.249 e. The van der Waals surface area contributed by atoms with Crippen LogP contribution in [0.1, 0.15) is 24.8 Å². The molecule has 0 saturated carbocycles. The van der Waals surface area contributed by atoms with Gasteiger partial charge in [0.05, 0.1) is 16.5 Å². The molecule has 41 heavy (non-hydrogen) atoms. The molecular weight excluding hydrogens is 526 g/mol. The molecule has 5 heterocycles. The van der Waals surface area contributed by atoms with E-state index < -0.39 is 17.2 Å². The van der Waals surface area contributed by atoms with Crippen LogP contribution in [0.2, 0.25) is 0 Å². The molecule has 2 fully saturated rings. The second-order valence-corrected chi connectivity index (χ2v) is 10.9. The SMILES string of the molecule is C#Cc1c(F)ccc2[nH]c(=O)cc(-c3ncc4c(N(C)C[C@@H]5CCCCN5)nc(N5CCN(C)CC5)nc4c3F)c12. The third-order valence-electron chi connectivity index (χ3n) is 8.06. The molecule has 2 saturated heterocycles. The highest BCUT2D eigenvalue weighted by Gasteiger charge is 2.26. The number of piperidine rings is 1. The molecule has 212 valence electrons. The molecule has 9 nitrogen and oxygen atoms in total. The van der Waals surface area contributed by atoms with Crippen LogP contribution in [-0.2, 0) is 0 Å². The number of aromatic nitrogens is 4. The van der Waals surface area contributed by atoms with Crippen molar-refractivity contribution in [2.45, 2.75) is 25.3 Å². The van der Waals surface area contributed by atoms with Crippen LogP contribution in [0.25, 0.3) is 33.1 Å². The molecule has 0 amide bonds. The minimum Gasteiger partial charge on any atom is -0.357 e.